The molecule has 0 spiro atoms. The number of aromatic nitrogens is 3. The number of fused-ring (bicyclic) bond motifs is 1. The normalized spacial score (nSPS) is 19.7. The molecule has 0 amide bonds. The third-order valence-corrected chi connectivity index (χ3v) is 6.99. The number of hydrogen-bond donors (Lipinski definition) is 1. The Morgan fingerprint density at radius 1 is 1.16 bits per heavy atom. The van der Waals surface area contributed by atoms with E-state index >= 15 is 0 Å². The molecule has 2 aromatic rings. The molecule has 0 radical (unpaired) electrons. The average Bonchev–Trinajstić information content (AvgIpc) is 3.06. The van der Waals surface area contributed by atoms with Gasteiger partial charge in [-0.1, -0.05) is 12.1 Å². The lowest BCUT2D eigenvalue weighted by atomic mass is 9.97. The van der Waals surface area contributed by atoms with E-state index in [2.05, 4.69) is 20.1 Å². The molecular weight excluding hydrogens is 338 g/mol. The zero-order chi connectivity index (χ0) is 17.4. The van der Waals surface area contributed by atoms with Crippen molar-refractivity contribution in [1.29, 1.82) is 0 Å². The van der Waals surface area contributed by atoms with Crippen LogP contribution in [0.5, 0.6) is 0 Å². The Labute approximate surface area is 148 Å². The van der Waals surface area contributed by atoms with Crippen molar-refractivity contribution in [3.8, 4) is 0 Å². The quantitative estimate of drug-likeness (QED) is 0.890. The molecule has 4 rings (SSSR count). The first kappa shape index (κ1) is 16.7. The summed E-state index contributed by atoms with van der Waals surface area (Å²) >= 11 is 0. The number of aryl methyl sites for hydroxylation is 1. The Balaban J connectivity index is 1.49. The number of benzene rings is 1. The molecule has 0 bridgehead atoms. The van der Waals surface area contributed by atoms with Gasteiger partial charge in [-0.15, -0.1) is 10.2 Å². The maximum absolute atomic E-state index is 12.8. The molecule has 0 unspecified atom stereocenters. The van der Waals surface area contributed by atoms with Crippen LogP contribution in [0, 0.1) is 6.92 Å². The van der Waals surface area contributed by atoms with Crippen LogP contribution >= 0.6 is 0 Å². The minimum atomic E-state index is -3.41. The Morgan fingerprint density at radius 3 is 2.72 bits per heavy atom. The van der Waals surface area contributed by atoms with E-state index in [1.807, 2.05) is 13.0 Å². The number of sulfonamides is 1. The first-order valence-corrected chi connectivity index (χ1v) is 10.2. The highest BCUT2D eigenvalue weighted by atomic mass is 32.2. The van der Waals surface area contributed by atoms with Crippen molar-refractivity contribution in [3.05, 3.63) is 41.5 Å². The summed E-state index contributed by atoms with van der Waals surface area (Å²) in [6.45, 7) is 5.54. The Hall–Kier alpha value is -1.77. The van der Waals surface area contributed by atoms with Crippen LogP contribution in [-0.2, 0) is 23.1 Å². The largest absolute Gasteiger partial charge is 0.312 e. The van der Waals surface area contributed by atoms with Gasteiger partial charge in [0.1, 0.15) is 11.6 Å². The SMILES string of the molecule is Cc1cccc(S(=O)(=O)N2CCC(c3nnc4n3CCNC4)CC2)c1. The minimum absolute atomic E-state index is 0.281. The van der Waals surface area contributed by atoms with E-state index < -0.39 is 10.0 Å². The highest BCUT2D eigenvalue weighted by Gasteiger charge is 2.32. The van der Waals surface area contributed by atoms with Gasteiger partial charge in [0.25, 0.3) is 0 Å². The van der Waals surface area contributed by atoms with Gasteiger partial charge in [0.15, 0.2) is 0 Å². The number of nitrogens with one attached hydrogen (secondary N) is 1. The molecule has 0 atom stereocenters. The second-order valence-electron chi connectivity index (χ2n) is 6.80. The molecule has 1 aromatic heterocycles. The van der Waals surface area contributed by atoms with Gasteiger partial charge in [-0.25, -0.2) is 8.42 Å². The highest BCUT2D eigenvalue weighted by Crippen LogP contribution is 2.30. The standard InChI is InChI=1S/C17H23N5O2S/c1-13-3-2-4-15(11-13)25(23,24)21-8-5-14(6-9-21)17-20-19-16-12-18-7-10-22(16)17/h2-4,11,14,18H,5-10,12H2,1H3. The third kappa shape index (κ3) is 3.09. The molecule has 1 N–H and O–H groups in total. The summed E-state index contributed by atoms with van der Waals surface area (Å²) in [7, 11) is -3.41. The van der Waals surface area contributed by atoms with Crippen molar-refractivity contribution < 1.29 is 8.42 Å². The lowest BCUT2D eigenvalue weighted by molar-refractivity contribution is 0.307. The summed E-state index contributed by atoms with van der Waals surface area (Å²) in [4.78, 5) is 0.386. The van der Waals surface area contributed by atoms with Crippen molar-refractivity contribution in [3.63, 3.8) is 0 Å². The maximum Gasteiger partial charge on any atom is 0.243 e. The van der Waals surface area contributed by atoms with Crippen molar-refractivity contribution in [1.82, 2.24) is 24.4 Å². The summed E-state index contributed by atoms with van der Waals surface area (Å²) < 4.78 is 29.5. The van der Waals surface area contributed by atoms with Gasteiger partial charge in [-0.2, -0.15) is 4.31 Å². The van der Waals surface area contributed by atoms with Crippen molar-refractivity contribution in [2.75, 3.05) is 19.6 Å². The molecule has 25 heavy (non-hydrogen) atoms. The molecule has 2 aliphatic rings. The fourth-order valence-corrected chi connectivity index (χ4v) is 5.27. The Morgan fingerprint density at radius 2 is 1.96 bits per heavy atom. The van der Waals surface area contributed by atoms with Gasteiger partial charge in [0.2, 0.25) is 10.0 Å². The van der Waals surface area contributed by atoms with Crippen LogP contribution in [0.3, 0.4) is 0 Å². The first-order valence-electron chi connectivity index (χ1n) is 8.75. The molecule has 7 nitrogen and oxygen atoms in total. The van der Waals surface area contributed by atoms with Crippen LogP contribution in [0.25, 0.3) is 0 Å². The number of nitrogens with zero attached hydrogens (tertiary/aromatic N) is 4. The molecule has 1 saturated heterocycles. The third-order valence-electron chi connectivity index (χ3n) is 5.10. The summed E-state index contributed by atoms with van der Waals surface area (Å²) in [6, 6.07) is 7.12. The fourth-order valence-electron chi connectivity index (χ4n) is 3.70. The Kier molecular flexibility index (Phi) is 4.35. The number of piperidine rings is 1. The molecule has 0 aliphatic carbocycles. The molecular formula is C17H23N5O2S. The van der Waals surface area contributed by atoms with E-state index in [4.69, 9.17) is 0 Å². The lowest BCUT2D eigenvalue weighted by Gasteiger charge is -2.31. The average molecular weight is 361 g/mol. The van der Waals surface area contributed by atoms with Crippen LogP contribution < -0.4 is 5.32 Å². The Bertz CT molecular complexity index is 869. The molecule has 1 aromatic carbocycles. The summed E-state index contributed by atoms with van der Waals surface area (Å²) in [5.41, 5.74) is 0.958. The van der Waals surface area contributed by atoms with E-state index in [0.29, 0.717) is 18.0 Å². The van der Waals surface area contributed by atoms with Gasteiger partial charge >= 0.3 is 0 Å². The van der Waals surface area contributed by atoms with Gasteiger partial charge in [0, 0.05) is 32.1 Å². The second-order valence-corrected chi connectivity index (χ2v) is 8.74. The predicted octanol–water partition coefficient (Wildman–Crippen LogP) is 1.26. The number of rotatable bonds is 3. The first-order chi connectivity index (χ1) is 12.1. The number of hydrogen-bond acceptors (Lipinski definition) is 5. The van der Waals surface area contributed by atoms with Crippen LogP contribution in [0.4, 0.5) is 0 Å². The molecule has 2 aliphatic heterocycles. The molecule has 3 heterocycles. The second kappa shape index (κ2) is 6.51. The van der Waals surface area contributed by atoms with Crippen molar-refractivity contribution in [2.45, 2.75) is 43.7 Å². The molecule has 1 fully saturated rings. The minimum Gasteiger partial charge on any atom is -0.312 e. The van der Waals surface area contributed by atoms with Crippen LogP contribution in [0.15, 0.2) is 29.2 Å². The van der Waals surface area contributed by atoms with Crippen molar-refractivity contribution in [2.24, 2.45) is 0 Å². The van der Waals surface area contributed by atoms with E-state index in [0.717, 1.165) is 49.7 Å². The van der Waals surface area contributed by atoms with Crippen molar-refractivity contribution >= 4 is 10.0 Å². The monoisotopic (exact) mass is 361 g/mol. The van der Waals surface area contributed by atoms with Gasteiger partial charge in [0.05, 0.1) is 11.4 Å². The summed E-state index contributed by atoms with van der Waals surface area (Å²) in [5.74, 6) is 2.28. The molecule has 134 valence electrons. The van der Waals surface area contributed by atoms with Crippen LogP contribution in [-0.4, -0.2) is 47.1 Å². The van der Waals surface area contributed by atoms with Crippen LogP contribution in [0.2, 0.25) is 0 Å². The fraction of sp³-hybridized carbons (Fsp3) is 0.529. The topological polar surface area (TPSA) is 80.1 Å². The molecule has 0 saturated carbocycles. The summed E-state index contributed by atoms with van der Waals surface area (Å²) in [5, 5.41) is 12.0. The van der Waals surface area contributed by atoms with Crippen LogP contribution in [0.1, 0.15) is 36.0 Å². The summed E-state index contributed by atoms with van der Waals surface area (Å²) in [6.07, 6.45) is 1.58. The van der Waals surface area contributed by atoms with E-state index in [9.17, 15) is 8.42 Å². The maximum atomic E-state index is 12.8. The van der Waals surface area contributed by atoms with Gasteiger partial charge < -0.3 is 9.88 Å². The molecule has 8 heteroatoms. The zero-order valence-electron chi connectivity index (χ0n) is 14.4. The van der Waals surface area contributed by atoms with Gasteiger partial charge in [-0.3, -0.25) is 0 Å². The van der Waals surface area contributed by atoms with E-state index in [1.54, 1.807) is 22.5 Å². The van der Waals surface area contributed by atoms with E-state index in [1.165, 1.54) is 0 Å². The lowest BCUT2D eigenvalue weighted by Crippen LogP contribution is -2.38. The van der Waals surface area contributed by atoms with E-state index in [-0.39, 0.29) is 5.92 Å². The highest BCUT2D eigenvalue weighted by molar-refractivity contribution is 7.89. The zero-order valence-corrected chi connectivity index (χ0v) is 15.2. The van der Waals surface area contributed by atoms with Gasteiger partial charge in [-0.05, 0) is 37.5 Å². The smallest absolute Gasteiger partial charge is 0.243 e. The predicted molar refractivity (Wildman–Crippen MR) is 93.6 cm³/mol.